The number of morpholine rings is 1. The van der Waals surface area contributed by atoms with E-state index in [0.717, 1.165) is 50.1 Å². The number of ether oxygens (including phenoxy) is 3. The van der Waals surface area contributed by atoms with Gasteiger partial charge in [-0.05, 0) is 30.5 Å². The molecule has 0 spiro atoms. The first kappa shape index (κ1) is 19.0. The highest BCUT2D eigenvalue weighted by Gasteiger charge is 2.27. The summed E-state index contributed by atoms with van der Waals surface area (Å²) in [5.41, 5.74) is 1.02. The molecule has 3 aliphatic rings. The van der Waals surface area contributed by atoms with Crippen LogP contribution in [0.4, 0.5) is 0 Å². The number of fused-ring (bicyclic) bond motifs is 1. The second kappa shape index (κ2) is 8.79. The van der Waals surface area contributed by atoms with Gasteiger partial charge in [0.25, 0.3) is 0 Å². The summed E-state index contributed by atoms with van der Waals surface area (Å²) >= 11 is 0. The number of benzene rings is 1. The Morgan fingerprint density at radius 3 is 2.61 bits per heavy atom. The molecule has 1 unspecified atom stereocenters. The SMILES string of the molecule is O=C(NCC(c1ccc2c(c1)OCO2)N1CCOCC1)C(=O)NC1CCCC1. The second-order valence-corrected chi connectivity index (χ2v) is 7.44. The standard InChI is InChI=1S/C20H27N3O5/c24-19(20(25)22-15-3-1-2-4-15)21-12-16(23-7-9-26-10-8-23)14-5-6-17-18(11-14)28-13-27-17/h5-6,11,15-16H,1-4,7-10,12-13H2,(H,21,24)(H,22,25). The van der Waals surface area contributed by atoms with E-state index in [2.05, 4.69) is 15.5 Å². The van der Waals surface area contributed by atoms with Gasteiger partial charge in [0.1, 0.15) is 0 Å². The van der Waals surface area contributed by atoms with Crippen LogP contribution >= 0.6 is 0 Å². The van der Waals surface area contributed by atoms with Crippen molar-refractivity contribution in [3.05, 3.63) is 23.8 Å². The van der Waals surface area contributed by atoms with Crippen LogP contribution in [0.1, 0.15) is 37.3 Å². The molecule has 28 heavy (non-hydrogen) atoms. The van der Waals surface area contributed by atoms with E-state index in [1.807, 2.05) is 18.2 Å². The highest BCUT2D eigenvalue weighted by atomic mass is 16.7. The highest BCUT2D eigenvalue weighted by Crippen LogP contribution is 2.35. The number of carbonyl (C=O) groups excluding carboxylic acids is 2. The van der Waals surface area contributed by atoms with E-state index >= 15 is 0 Å². The minimum atomic E-state index is -0.578. The predicted octanol–water partition coefficient (Wildman–Crippen LogP) is 0.964. The van der Waals surface area contributed by atoms with Gasteiger partial charge in [0.2, 0.25) is 6.79 Å². The van der Waals surface area contributed by atoms with Crippen molar-refractivity contribution >= 4 is 11.8 Å². The van der Waals surface area contributed by atoms with E-state index in [0.29, 0.717) is 25.5 Å². The fourth-order valence-corrected chi connectivity index (χ4v) is 4.06. The van der Waals surface area contributed by atoms with Crippen LogP contribution in [0, 0.1) is 0 Å². The van der Waals surface area contributed by atoms with Gasteiger partial charge in [-0.2, -0.15) is 0 Å². The molecule has 1 atom stereocenters. The lowest BCUT2D eigenvalue weighted by Crippen LogP contribution is -2.48. The fourth-order valence-electron chi connectivity index (χ4n) is 4.06. The smallest absolute Gasteiger partial charge is 0.309 e. The van der Waals surface area contributed by atoms with Crippen molar-refractivity contribution in [3.8, 4) is 11.5 Å². The van der Waals surface area contributed by atoms with Crippen LogP contribution in [-0.4, -0.2) is 62.4 Å². The van der Waals surface area contributed by atoms with Crippen molar-refractivity contribution in [2.45, 2.75) is 37.8 Å². The van der Waals surface area contributed by atoms with Gasteiger partial charge in [-0.3, -0.25) is 14.5 Å². The van der Waals surface area contributed by atoms with Crippen LogP contribution in [0.25, 0.3) is 0 Å². The zero-order valence-corrected chi connectivity index (χ0v) is 15.9. The molecule has 0 aromatic heterocycles. The Hall–Kier alpha value is -2.32. The molecule has 1 saturated heterocycles. The molecule has 2 fully saturated rings. The zero-order chi connectivity index (χ0) is 19.3. The third kappa shape index (κ3) is 4.39. The lowest BCUT2D eigenvalue weighted by atomic mass is 10.0. The maximum atomic E-state index is 12.3. The van der Waals surface area contributed by atoms with Crippen LogP contribution in [0.15, 0.2) is 18.2 Å². The molecule has 0 bridgehead atoms. The van der Waals surface area contributed by atoms with E-state index in [1.165, 1.54) is 0 Å². The average Bonchev–Trinajstić information content (AvgIpc) is 3.40. The van der Waals surface area contributed by atoms with E-state index in [9.17, 15) is 9.59 Å². The molecule has 4 rings (SSSR count). The van der Waals surface area contributed by atoms with Crippen molar-refractivity contribution in [1.82, 2.24) is 15.5 Å². The number of hydrogen-bond donors (Lipinski definition) is 2. The maximum Gasteiger partial charge on any atom is 0.309 e. The van der Waals surface area contributed by atoms with Gasteiger partial charge in [0.05, 0.1) is 19.3 Å². The molecular formula is C20H27N3O5. The largest absolute Gasteiger partial charge is 0.454 e. The Balaban J connectivity index is 1.41. The summed E-state index contributed by atoms with van der Waals surface area (Å²) in [4.78, 5) is 26.8. The Kier molecular flexibility index (Phi) is 5.97. The first-order valence-corrected chi connectivity index (χ1v) is 10.0. The van der Waals surface area contributed by atoms with Gasteiger partial charge in [-0.25, -0.2) is 0 Å². The summed E-state index contributed by atoms with van der Waals surface area (Å²) in [5, 5.41) is 5.65. The topological polar surface area (TPSA) is 89.1 Å². The van der Waals surface area contributed by atoms with Crippen LogP contribution in [0.5, 0.6) is 11.5 Å². The van der Waals surface area contributed by atoms with Crippen molar-refractivity contribution < 1.29 is 23.8 Å². The minimum Gasteiger partial charge on any atom is -0.454 e. The molecule has 152 valence electrons. The highest BCUT2D eigenvalue weighted by molar-refractivity contribution is 6.35. The zero-order valence-electron chi connectivity index (χ0n) is 15.9. The lowest BCUT2D eigenvalue weighted by Gasteiger charge is -2.35. The number of carbonyl (C=O) groups is 2. The first-order chi connectivity index (χ1) is 13.7. The molecule has 2 heterocycles. The quantitative estimate of drug-likeness (QED) is 0.730. The summed E-state index contributed by atoms with van der Waals surface area (Å²) in [6, 6.07) is 5.88. The van der Waals surface area contributed by atoms with Crippen molar-refractivity contribution in [3.63, 3.8) is 0 Å². The minimum absolute atomic E-state index is 0.0679. The van der Waals surface area contributed by atoms with Crippen LogP contribution in [0.2, 0.25) is 0 Å². The van der Waals surface area contributed by atoms with E-state index in [1.54, 1.807) is 0 Å². The molecule has 2 N–H and O–H groups in total. The first-order valence-electron chi connectivity index (χ1n) is 10.0. The summed E-state index contributed by atoms with van der Waals surface area (Å²) in [6.07, 6.45) is 4.12. The van der Waals surface area contributed by atoms with Gasteiger partial charge in [0.15, 0.2) is 11.5 Å². The molecular weight excluding hydrogens is 362 g/mol. The van der Waals surface area contributed by atoms with Crippen molar-refractivity contribution in [2.75, 3.05) is 39.6 Å². The predicted molar refractivity (Wildman–Crippen MR) is 101 cm³/mol. The van der Waals surface area contributed by atoms with E-state index < -0.39 is 11.8 Å². The summed E-state index contributed by atoms with van der Waals surface area (Å²) < 4.78 is 16.4. The monoisotopic (exact) mass is 389 g/mol. The third-order valence-corrected chi connectivity index (χ3v) is 5.62. The van der Waals surface area contributed by atoms with Gasteiger partial charge >= 0.3 is 11.8 Å². The molecule has 1 saturated carbocycles. The van der Waals surface area contributed by atoms with E-state index in [4.69, 9.17) is 14.2 Å². The molecule has 1 aliphatic carbocycles. The summed E-state index contributed by atoms with van der Waals surface area (Å²) in [7, 11) is 0. The fraction of sp³-hybridized carbons (Fsp3) is 0.600. The van der Waals surface area contributed by atoms with Gasteiger partial charge in [-0.15, -0.1) is 0 Å². The summed E-state index contributed by atoms with van der Waals surface area (Å²) in [5.74, 6) is 0.315. The third-order valence-electron chi connectivity index (χ3n) is 5.62. The molecule has 0 radical (unpaired) electrons. The van der Waals surface area contributed by atoms with Crippen LogP contribution in [-0.2, 0) is 14.3 Å². The molecule has 2 amide bonds. The van der Waals surface area contributed by atoms with Gasteiger partial charge in [-0.1, -0.05) is 18.9 Å². The molecule has 1 aromatic rings. The number of hydrogen-bond acceptors (Lipinski definition) is 6. The maximum absolute atomic E-state index is 12.3. The normalized spacial score (nSPS) is 20.7. The summed E-state index contributed by atoms with van der Waals surface area (Å²) in [6.45, 7) is 3.40. The number of rotatable bonds is 5. The van der Waals surface area contributed by atoms with Crippen LogP contribution < -0.4 is 20.1 Å². The van der Waals surface area contributed by atoms with Crippen molar-refractivity contribution in [2.24, 2.45) is 0 Å². The molecule has 8 heteroatoms. The Morgan fingerprint density at radius 2 is 1.82 bits per heavy atom. The Morgan fingerprint density at radius 1 is 1.07 bits per heavy atom. The number of nitrogens with zero attached hydrogens (tertiary/aromatic N) is 1. The molecule has 2 aliphatic heterocycles. The lowest BCUT2D eigenvalue weighted by molar-refractivity contribution is -0.139. The van der Waals surface area contributed by atoms with Crippen molar-refractivity contribution in [1.29, 1.82) is 0 Å². The molecule has 1 aromatic carbocycles. The average molecular weight is 389 g/mol. The van der Waals surface area contributed by atoms with Gasteiger partial charge in [0, 0.05) is 25.7 Å². The number of nitrogens with one attached hydrogen (secondary N) is 2. The Bertz CT molecular complexity index is 714. The van der Waals surface area contributed by atoms with E-state index in [-0.39, 0.29) is 18.9 Å². The second-order valence-electron chi connectivity index (χ2n) is 7.44. The van der Waals surface area contributed by atoms with Gasteiger partial charge < -0.3 is 24.8 Å². The number of amides is 2. The Labute approximate surface area is 164 Å². The molecule has 8 nitrogen and oxygen atoms in total. The van der Waals surface area contributed by atoms with Crippen LogP contribution in [0.3, 0.4) is 0 Å².